The molecule has 1 atom stereocenters. The van der Waals surface area contributed by atoms with Crippen molar-refractivity contribution < 1.29 is 14.3 Å². The molecule has 27 heavy (non-hydrogen) atoms. The molecule has 1 aromatic heterocycles. The minimum absolute atomic E-state index is 0.0410. The van der Waals surface area contributed by atoms with Gasteiger partial charge in [-0.05, 0) is 70.3 Å². The van der Waals surface area contributed by atoms with Gasteiger partial charge in [0.15, 0.2) is 0 Å². The first-order valence-electron chi connectivity index (χ1n) is 10.7. The van der Waals surface area contributed by atoms with Crippen molar-refractivity contribution in [2.24, 2.45) is 11.8 Å². The average molecular weight is 376 g/mol. The number of amides is 1. The van der Waals surface area contributed by atoms with Crippen LogP contribution in [0.1, 0.15) is 61.6 Å². The predicted octanol–water partition coefficient (Wildman–Crippen LogP) is 3.04. The normalized spacial score (nSPS) is 24.7. The summed E-state index contributed by atoms with van der Waals surface area (Å²) in [7, 11) is 0. The van der Waals surface area contributed by atoms with E-state index >= 15 is 0 Å². The number of carbonyl (C=O) groups is 1. The van der Waals surface area contributed by atoms with E-state index < -0.39 is 0 Å². The van der Waals surface area contributed by atoms with Gasteiger partial charge in [-0.1, -0.05) is 0 Å². The Morgan fingerprint density at radius 3 is 2.81 bits per heavy atom. The lowest BCUT2D eigenvalue weighted by atomic mass is 9.78. The van der Waals surface area contributed by atoms with Gasteiger partial charge in [-0.25, -0.2) is 0 Å². The molecule has 1 saturated carbocycles. The van der Waals surface area contributed by atoms with Crippen LogP contribution in [0.2, 0.25) is 0 Å². The molecule has 1 spiro atoms. The molecule has 1 unspecified atom stereocenters. The van der Waals surface area contributed by atoms with Gasteiger partial charge in [0.25, 0.3) is 5.91 Å². The first-order valence-corrected chi connectivity index (χ1v) is 10.7. The Morgan fingerprint density at radius 1 is 1.33 bits per heavy atom. The third-order valence-corrected chi connectivity index (χ3v) is 6.58. The third kappa shape index (κ3) is 4.06. The fourth-order valence-corrected chi connectivity index (χ4v) is 4.71. The quantitative estimate of drug-likeness (QED) is 0.688. The summed E-state index contributed by atoms with van der Waals surface area (Å²) < 4.78 is 13.9. The number of ether oxygens (including phenoxy) is 2. The summed E-state index contributed by atoms with van der Waals surface area (Å²) in [5, 5.41) is 4.42. The Hall–Kier alpha value is -1.40. The van der Waals surface area contributed by atoms with Gasteiger partial charge in [-0.3, -0.25) is 9.48 Å². The van der Waals surface area contributed by atoms with Gasteiger partial charge >= 0.3 is 0 Å². The first kappa shape index (κ1) is 18.9. The molecule has 3 aliphatic rings. The number of piperidine rings is 1. The summed E-state index contributed by atoms with van der Waals surface area (Å²) in [4.78, 5) is 14.9. The number of carbonyl (C=O) groups excluding carboxylic acids is 1. The maximum Gasteiger partial charge on any atom is 0.272 e. The molecule has 1 aliphatic carbocycles. The van der Waals surface area contributed by atoms with Crippen LogP contribution in [0.4, 0.5) is 0 Å². The Bertz CT molecular complexity index is 660. The summed E-state index contributed by atoms with van der Waals surface area (Å²) in [6.07, 6.45) is 6.77. The van der Waals surface area contributed by atoms with Crippen LogP contribution in [0.3, 0.4) is 0 Å². The van der Waals surface area contributed by atoms with E-state index in [0.29, 0.717) is 11.6 Å². The van der Waals surface area contributed by atoms with E-state index in [1.807, 2.05) is 29.5 Å². The monoisotopic (exact) mass is 375 g/mol. The van der Waals surface area contributed by atoms with Gasteiger partial charge in [0.1, 0.15) is 5.69 Å². The van der Waals surface area contributed by atoms with Crippen LogP contribution < -0.4 is 0 Å². The zero-order chi connectivity index (χ0) is 18.9. The second-order valence-electron chi connectivity index (χ2n) is 8.48. The summed E-state index contributed by atoms with van der Waals surface area (Å²) >= 11 is 0. The molecule has 3 fully saturated rings. The van der Waals surface area contributed by atoms with Crippen molar-refractivity contribution in [2.75, 3.05) is 32.9 Å². The van der Waals surface area contributed by atoms with Crippen molar-refractivity contribution in [3.05, 3.63) is 17.5 Å². The number of aryl methyl sites for hydroxylation is 2. The highest BCUT2D eigenvalue weighted by molar-refractivity contribution is 5.92. The highest BCUT2D eigenvalue weighted by Crippen LogP contribution is 2.42. The summed E-state index contributed by atoms with van der Waals surface area (Å²) in [5.41, 5.74) is 1.57. The van der Waals surface area contributed by atoms with Crippen molar-refractivity contribution in [2.45, 2.75) is 64.5 Å². The summed E-state index contributed by atoms with van der Waals surface area (Å²) in [6.45, 7) is 8.87. The smallest absolute Gasteiger partial charge is 0.272 e. The van der Waals surface area contributed by atoms with Gasteiger partial charge in [-0.2, -0.15) is 5.10 Å². The molecular weight excluding hydrogens is 342 g/mol. The van der Waals surface area contributed by atoms with E-state index in [2.05, 4.69) is 5.10 Å². The molecule has 6 heteroatoms. The predicted molar refractivity (Wildman–Crippen MR) is 103 cm³/mol. The topological polar surface area (TPSA) is 56.6 Å². The van der Waals surface area contributed by atoms with E-state index in [4.69, 9.17) is 9.47 Å². The van der Waals surface area contributed by atoms with Crippen LogP contribution in [-0.4, -0.2) is 59.1 Å². The van der Waals surface area contributed by atoms with Crippen LogP contribution in [-0.2, 0) is 16.0 Å². The molecule has 1 aromatic rings. The first-order chi connectivity index (χ1) is 13.1. The Kier molecular flexibility index (Phi) is 5.55. The molecule has 2 aliphatic heterocycles. The molecule has 0 aromatic carbocycles. The standard InChI is InChI=1S/C21H33N3O3/c1-3-24-19(14-16(2)22-24)20(25)23-10-8-21(9-11-23)18(7-13-27-21)6-12-26-15-17-4-5-17/h14,17-18H,3-13,15H2,1-2H3. The van der Waals surface area contributed by atoms with E-state index in [1.165, 1.54) is 12.8 Å². The number of hydrogen-bond donors (Lipinski definition) is 0. The largest absolute Gasteiger partial charge is 0.381 e. The fraction of sp³-hybridized carbons (Fsp3) is 0.810. The van der Waals surface area contributed by atoms with Crippen molar-refractivity contribution >= 4 is 5.91 Å². The summed E-state index contributed by atoms with van der Waals surface area (Å²) in [5.74, 6) is 1.50. The SMILES string of the molecule is CCn1nc(C)cc1C(=O)N1CCC2(CC1)OCCC2CCOCC1CC1. The highest BCUT2D eigenvalue weighted by Gasteiger charge is 2.46. The van der Waals surface area contributed by atoms with Gasteiger partial charge in [0, 0.05) is 39.5 Å². The van der Waals surface area contributed by atoms with Gasteiger partial charge in [-0.15, -0.1) is 0 Å². The van der Waals surface area contributed by atoms with Crippen LogP contribution in [0.15, 0.2) is 6.07 Å². The molecule has 3 heterocycles. The minimum Gasteiger partial charge on any atom is -0.381 e. The lowest BCUT2D eigenvalue weighted by Crippen LogP contribution is -2.49. The molecule has 2 saturated heterocycles. The van der Waals surface area contributed by atoms with Crippen LogP contribution in [0.5, 0.6) is 0 Å². The zero-order valence-corrected chi connectivity index (χ0v) is 16.8. The summed E-state index contributed by atoms with van der Waals surface area (Å²) in [6, 6.07) is 1.91. The number of hydrogen-bond acceptors (Lipinski definition) is 4. The molecule has 0 radical (unpaired) electrons. The van der Waals surface area contributed by atoms with Gasteiger partial charge in [0.2, 0.25) is 0 Å². The number of likely N-dealkylation sites (tertiary alicyclic amines) is 1. The molecule has 0 N–H and O–H groups in total. The van der Waals surface area contributed by atoms with Crippen LogP contribution >= 0.6 is 0 Å². The highest BCUT2D eigenvalue weighted by atomic mass is 16.5. The maximum absolute atomic E-state index is 13.0. The van der Waals surface area contributed by atoms with Gasteiger partial charge < -0.3 is 14.4 Å². The number of nitrogens with zero attached hydrogens (tertiary/aromatic N) is 3. The van der Waals surface area contributed by atoms with E-state index in [0.717, 1.165) is 76.8 Å². The Labute approximate surface area is 162 Å². The van der Waals surface area contributed by atoms with E-state index in [1.54, 1.807) is 0 Å². The van der Waals surface area contributed by atoms with E-state index in [-0.39, 0.29) is 11.5 Å². The molecule has 1 amide bonds. The second kappa shape index (κ2) is 7.92. The molecular formula is C21H33N3O3. The third-order valence-electron chi connectivity index (χ3n) is 6.58. The molecule has 0 bridgehead atoms. The minimum atomic E-state index is -0.0410. The van der Waals surface area contributed by atoms with Gasteiger partial charge in [0.05, 0.1) is 11.3 Å². The lowest BCUT2D eigenvalue weighted by Gasteiger charge is -2.42. The Morgan fingerprint density at radius 2 is 2.11 bits per heavy atom. The number of rotatable bonds is 7. The Balaban J connectivity index is 1.32. The fourth-order valence-electron chi connectivity index (χ4n) is 4.71. The van der Waals surface area contributed by atoms with Crippen molar-refractivity contribution in [1.29, 1.82) is 0 Å². The molecule has 4 rings (SSSR count). The average Bonchev–Trinajstić information content (AvgIpc) is 3.32. The molecule has 150 valence electrons. The lowest BCUT2D eigenvalue weighted by molar-refractivity contribution is -0.0673. The van der Waals surface area contributed by atoms with Crippen molar-refractivity contribution in [3.63, 3.8) is 0 Å². The van der Waals surface area contributed by atoms with Crippen molar-refractivity contribution in [1.82, 2.24) is 14.7 Å². The van der Waals surface area contributed by atoms with Crippen molar-refractivity contribution in [3.8, 4) is 0 Å². The van der Waals surface area contributed by atoms with Crippen LogP contribution in [0.25, 0.3) is 0 Å². The number of aromatic nitrogens is 2. The second-order valence-corrected chi connectivity index (χ2v) is 8.48. The maximum atomic E-state index is 13.0. The zero-order valence-electron chi connectivity index (χ0n) is 16.8. The van der Waals surface area contributed by atoms with E-state index in [9.17, 15) is 4.79 Å². The van der Waals surface area contributed by atoms with Crippen LogP contribution in [0, 0.1) is 18.8 Å². The molecule has 6 nitrogen and oxygen atoms in total.